The second-order valence-corrected chi connectivity index (χ2v) is 10.4. The maximum Gasteiger partial charge on any atom is 0.0883 e. The van der Waals surface area contributed by atoms with Crippen molar-refractivity contribution in [2.24, 2.45) is 40.9 Å². The third-order valence-electron chi connectivity index (χ3n) is 9.34. The van der Waals surface area contributed by atoms with E-state index in [0.717, 1.165) is 36.5 Å². The van der Waals surface area contributed by atoms with Crippen LogP contribution in [0.4, 0.5) is 0 Å². The Bertz CT molecular complexity index is 494. The number of hydrogen-bond donors (Lipinski definition) is 2. The number of fused-ring (bicyclic) bond motifs is 5. The van der Waals surface area contributed by atoms with Gasteiger partial charge in [-0.2, -0.15) is 0 Å². The van der Waals surface area contributed by atoms with Gasteiger partial charge in [0, 0.05) is 13.2 Å². The molecule has 0 amide bonds. The molecule has 0 spiro atoms. The van der Waals surface area contributed by atoms with Gasteiger partial charge in [-0.1, -0.05) is 13.3 Å². The number of rotatable bonds is 4. The summed E-state index contributed by atoms with van der Waals surface area (Å²) in [5.41, 5.74) is -0.189. The molecular weight excluding hydrogens is 324 g/mol. The summed E-state index contributed by atoms with van der Waals surface area (Å²) < 4.78 is 5.60. The fourth-order valence-corrected chi connectivity index (χ4v) is 8.00. The van der Waals surface area contributed by atoms with Crippen LogP contribution in [-0.2, 0) is 4.74 Å². The molecule has 0 aromatic carbocycles. The average Bonchev–Trinajstić information content (AvgIpc) is 2.65. The van der Waals surface area contributed by atoms with Crippen LogP contribution in [0.25, 0.3) is 0 Å². The first-order valence-corrected chi connectivity index (χ1v) is 11.4. The summed E-state index contributed by atoms with van der Waals surface area (Å²) >= 11 is 0. The minimum absolute atomic E-state index is 0.380. The van der Waals surface area contributed by atoms with Gasteiger partial charge in [0.05, 0.1) is 12.2 Å². The van der Waals surface area contributed by atoms with Gasteiger partial charge in [0.15, 0.2) is 0 Å². The van der Waals surface area contributed by atoms with Crippen molar-refractivity contribution in [3.05, 3.63) is 0 Å². The Morgan fingerprint density at radius 2 is 1.77 bits per heavy atom. The molecule has 2 N–H and O–H groups in total. The third kappa shape index (κ3) is 3.16. The van der Waals surface area contributed by atoms with E-state index in [1.165, 1.54) is 51.4 Å². The lowest BCUT2D eigenvalue weighted by Crippen LogP contribution is -2.55. The summed E-state index contributed by atoms with van der Waals surface area (Å²) in [6, 6.07) is 0. The Kier molecular flexibility index (Phi) is 5.44. The quantitative estimate of drug-likeness (QED) is 0.777. The zero-order valence-electron chi connectivity index (χ0n) is 17.0. The van der Waals surface area contributed by atoms with E-state index in [2.05, 4.69) is 6.92 Å². The summed E-state index contributed by atoms with van der Waals surface area (Å²) in [5, 5.41) is 20.9. The van der Waals surface area contributed by atoms with Gasteiger partial charge in [-0.15, -0.1) is 0 Å². The second kappa shape index (κ2) is 7.37. The predicted molar refractivity (Wildman–Crippen MR) is 104 cm³/mol. The van der Waals surface area contributed by atoms with E-state index in [-0.39, 0.29) is 0 Å². The first kappa shape index (κ1) is 19.2. The average molecular weight is 365 g/mol. The lowest BCUT2D eigenvalue weighted by Gasteiger charge is -2.61. The molecule has 0 aromatic rings. The predicted octanol–water partition coefficient (Wildman–Crippen LogP) is 4.41. The van der Waals surface area contributed by atoms with E-state index in [1.54, 1.807) is 0 Å². The SMILES string of the molecule is CCOC[C@@]1(O)CC[C@H]2[C@@H](CC[C@@H]3[C@@H]2CC[C@]2(C)[C@@H](CO)CCC[C@@H]32)C1. The van der Waals surface area contributed by atoms with Crippen LogP contribution in [0, 0.1) is 40.9 Å². The molecule has 4 saturated carbocycles. The molecule has 0 bridgehead atoms. The topological polar surface area (TPSA) is 49.7 Å². The molecule has 4 rings (SSSR count). The molecule has 0 unspecified atom stereocenters. The van der Waals surface area contributed by atoms with Gasteiger partial charge < -0.3 is 14.9 Å². The van der Waals surface area contributed by atoms with E-state index < -0.39 is 5.60 Å². The van der Waals surface area contributed by atoms with Gasteiger partial charge in [-0.25, -0.2) is 0 Å². The van der Waals surface area contributed by atoms with Crippen molar-refractivity contribution in [2.75, 3.05) is 19.8 Å². The molecule has 0 radical (unpaired) electrons. The third-order valence-corrected chi connectivity index (χ3v) is 9.34. The van der Waals surface area contributed by atoms with Crippen molar-refractivity contribution < 1.29 is 14.9 Å². The molecule has 150 valence electrons. The van der Waals surface area contributed by atoms with E-state index in [1.807, 2.05) is 6.92 Å². The van der Waals surface area contributed by atoms with E-state index >= 15 is 0 Å². The number of hydrogen-bond acceptors (Lipinski definition) is 3. The fraction of sp³-hybridized carbons (Fsp3) is 1.00. The normalized spacial score (nSPS) is 51.2. The van der Waals surface area contributed by atoms with Crippen LogP contribution in [0.1, 0.15) is 78.1 Å². The minimum Gasteiger partial charge on any atom is -0.396 e. The molecule has 26 heavy (non-hydrogen) atoms. The van der Waals surface area contributed by atoms with Crippen molar-refractivity contribution in [1.82, 2.24) is 0 Å². The molecule has 0 saturated heterocycles. The molecule has 0 heterocycles. The molecule has 0 aromatic heterocycles. The van der Waals surface area contributed by atoms with Crippen molar-refractivity contribution in [1.29, 1.82) is 0 Å². The maximum absolute atomic E-state index is 11.0. The number of aliphatic hydroxyl groups excluding tert-OH is 1. The van der Waals surface area contributed by atoms with Crippen molar-refractivity contribution in [2.45, 2.75) is 83.7 Å². The molecule has 3 nitrogen and oxygen atoms in total. The zero-order valence-corrected chi connectivity index (χ0v) is 17.0. The lowest BCUT2D eigenvalue weighted by atomic mass is 9.45. The van der Waals surface area contributed by atoms with Crippen LogP contribution in [0.5, 0.6) is 0 Å². The Morgan fingerprint density at radius 3 is 2.54 bits per heavy atom. The van der Waals surface area contributed by atoms with Gasteiger partial charge in [-0.3, -0.25) is 0 Å². The first-order chi connectivity index (χ1) is 12.5. The standard InChI is InChI=1S/C23H40O3/c1-3-26-15-23(25)12-10-18-16(13-23)7-8-20-19(18)9-11-22(2)17(14-24)5-4-6-21(20)22/h16-21,24-25H,3-15H2,1-2H3/t16-,17+,18-,19+,20+,21-,22+,23+/m0/s1. The summed E-state index contributed by atoms with van der Waals surface area (Å²) in [6.07, 6.45) is 12.4. The summed E-state index contributed by atoms with van der Waals surface area (Å²) in [5.74, 6) is 4.65. The smallest absolute Gasteiger partial charge is 0.0883 e. The Morgan fingerprint density at radius 1 is 0.962 bits per heavy atom. The molecule has 8 atom stereocenters. The lowest BCUT2D eigenvalue weighted by molar-refractivity contribution is -0.146. The highest BCUT2D eigenvalue weighted by Gasteiger charge is 2.56. The van der Waals surface area contributed by atoms with Crippen LogP contribution in [0.2, 0.25) is 0 Å². The molecular formula is C23H40O3. The van der Waals surface area contributed by atoms with Crippen LogP contribution in [0.15, 0.2) is 0 Å². The summed E-state index contributed by atoms with van der Waals surface area (Å²) in [6.45, 7) is 6.14. The van der Waals surface area contributed by atoms with Gasteiger partial charge in [-0.05, 0) is 106 Å². The van der Waals surface area contributed by atoms with Crippen LogP contribution >= 0.6 is 0 Å². The Labute approximate surface area is 159 Å². The second-order valence-electron chi connectivity index (χ2n) is 10.4. The van der Waals surface area contributed by atoms with Crippen LogP contribution in [0.3, 0.4) is 0 Å². The Balaban J connectivity index is 1.47. The van der Waals surface area contributed by atoms with E-state index in [9.17, 15) is 10.2 Å². The van der Waals surface area contributed by atoms with Crippen LogP contribution < -0.4 is 0 Å². The molecule has 4 aliphatic rings. The monoisotopic (exact) mass is 364 g/mol. The van der Waals surface area contributed by atoms with Crippen LogP contribution in [-0.4, -0.2) is 35.6 Å². The first-order valence-electron chi connectivity index (χ1n) is 11.4. The molecule has 4 fully saturated rings. The highest BCUT2D eigenvalue weighted by molar-refractivity contribution is 5.05. The minimum atomic E-state index is -0.569. The summed E-state index contributed by atoms with van der Waals surface area (Å²) in [7, 11) is 0. The highest BCUT2D eigenvalue weighted by atomic mass is 16.5. The molecule has 4 aliphatic carbocycles. The largest absolute Gasteiger partial charge is 0.396 e. The van der Waals surface area contributed by atoms with Gasteiger partial charge in [0.1, 0.15) is 0 Å². The van der Waals surface area contributed by atoms with Crippen molar-refractivity contribution >= 4 is 0 Å². The van der Waals surface area contributed by atoms with Crippen molar-refractivity contribution in [3.8, 4) is 0 Å². The zero-order chi connectivity index (χ0) is 18.4. The highest BCUT2D eigenvalue weighted by Crippen LogP contribution is 2.63. The van der Waals surface area contributed by atoms with E-state index in [4.69, 9.17) is 4.74 Å². The molecule has 0 aliphatic heterocycles. The van der Waals surface area contributed by atoms with Gasteiger partial charge in [0.2, 0.25) is 0 Å². The van der Waals surface area contributed by atoms with Gasteiger partial charge in [0.25, 0.3) is 0 Å². The fourth-order valence-electron chi connectivity index (χ4n) is 8.00. The summed E-state index contributed by atoms with van der Waals surface area (Å²) in [4.78, 5) is 0. The Hall–Kier alpha value is -0.120. The maximum atomic E-state index is 11.0. The number of aliphatic hydroxyl groups is 2. The molecule has 3 heteroatoms. The number of ether oxygens (including phenoxy) is 1. The van der Waals surface area contributed by atoms with E-state index in [0.29, 0.717) is 37.1 Å². The van der Waals surface area contributed by atoms with Gasteiger partial charge >= 0.3 is 0 Å². The van der Waals surface area contributed by atoms with Crippen molar-refractivity contribution in [3.63, 3.8) is 0 Å².